The minimum absolute atomic E-state index is 0.194. The maximum atomic E-state index is 12.6. The van der Waals surface area contributed by atoms with Gasteiger partial charge in [0.25, 0.3) is 0 Å². The van der Waals surface area contributed by atoms with Crippen molar-refractivity contribution in [3.8, 4) is 0 Å². The van der Waals surface area contributed by atoms with Crippen LogP contribution in [-0.2, 0) is 14.3 Å². The molecule has 0 spiro atoms. The number of carbonyl (C=O) groups excluding carboxylic acids is 2. The number of allylic oxidation sites excluding steroid dienone is 4. The minimum atomic E-state index is -0.989. The summed E-state index contributed by atoms with van der Waals surface area (Å²) in [7, 11) is 1.45. The lowest BCUT2D eigenvalue weighted by Crippen LogP contribution is -2.36. The van der Waals surface area contributed by atoms with Gasteiger partial charge in [-0.2, -0.15) is 0 Å². The number of carbonyl (C=O) groups is 2. The topological polar surface area (TPSA) is 63.6 Å². The Balaban J connectivity index is 2.43. The van der Waals surface area contributed by atoms with Crippen molar-refractivity contribution >= 4 is 17.6 Å². The molecule has 1 aliphatic carbocycles. The van der Waals surface area contributed by atoms with Gasteiger partial charge in [0.2, 0.25) is 0 Å². The van der Waals surface area contributed by atoms with Crippen molar-refractivity contribution in [1.29, 1.82) is 0 Å². The first kappa shape index (κ1) is 16.7. The zero-order chi connectivity index (χ0) is 17.2. The van der Waals surface area contributed by atoms with Crippen molar-refractivity contribution in [1.82, 2.24) is 0 Å². The van der Waals surface area contributed by atoms with Crippen LogP contribution in [0.3, 0.4) is 0 Å². The number of ketones is 2. The molecule has 0 bridgehead atoms. The van der Waals surface area contributed by atoms with E-state index < -0.39 is 17.0 Å². The fourth-order valence-corrected chi connectivity index (χ4v) is 2.74. The highest BCUT2D eigenvalue weighted by atomic mass is 16.5. The van der Waals surface area contributed by atoms with Gasteiger partial charge in [0, 0.05) is 5.57 Å². The lowest BCUT2D eigenvalue weighted by atomic mass is 9.74. The Labute approximate surface area is 135 Å². The van der Waals surface area contributed by atoms with Crippen LogP contribution < -0.4 is 0 Å². The number of Topliss-reactive ketones (excluding diaryl/α,β-unsaturated/α-hetero) is 1. The number of hydrogen-bond acceptors (Lipinski definition) is 4. The summed E-state index contributed by atoms with van der Waals surface area (Å²) in [6.07, 6.45) is 2.92. The molecule has 4 nitrogen and oxygen atoms in total. The van der Waals surface area contributed by atoms with Crippen molar-refractivity contribution in [2.24, 2.45) is 5.41 Å². The fourth-order valence-electron chi connectivity index (χ4n) is 2.74. The van der Waals surface area contributed by atoms with Gasteiger partial charge < -0.3 is 9.84 Å². The van der Waals surface area contributed by atoms with Crippen LogP contribution in [-0.4, -0.2) is 23.8 Å². The maximum absolute atomic E-state index is 12.6. The standard InChI is InChI=1S/C19H20O4/c1-12-16(21)15(17(22)19(2,3)18(12)23-4)14(20)11-10-13-8-6-5-7-9-13/h5-11,21H,1-4H3/b11-10+. The molecule has 1 N–H and O–H groups in total. The number of aliphatic hydroxyl groups is 1. The zero-order valence-electron chi connectivity index (χ0n) is 13.7. The van der Waals surface area contributed by atoms with Crippen LogP contribution >= 0.6 is 0 Å². The smallest absolute Gasteiger partial charge is 0.193 e. The summed E-state index contributed by atoms with van der Waals surface area (Å²) in [5.74, 6) is -0.892. The molecule has 0 fully saturated rings. The SMILES string of the molecule is COC1=C(C)C(O)=C(C(=O)/C=C/c2ccccc2)C(=O)C1(C)C. The Hall–Kier alpha value is -2.62. The van der Waals surface area contributed by atoms with Crippen LogP contribution in [0.2, 0.25) is 0 Å². The van der Waals surface area contributed by atoms with E-state index in [1.54, 1.807) is 26.8 Å². The highest BCUT2D eigenvalue weighted by Crippen LogP contribution is 2.40. The predicted molar refractivity (Wildman–Crippen MR) is 88.6 cm³/mol. The van der Waals surface area contributed by atoms with Gasteiger partial charge in [0.1, 0.15) is 17.1 Å². The van der Waals surface area contributed by atoms with E-state index in [1.165, 1.54) is 13.2 Å². The molecule has 2 rings (SSSR count). The fraction of sp³-hybridized carbons (Fsp3) is 0.263. The number of rotatable bonds is 4. The first-order chi connectivity index (χ1) is 10.8. The number of hydrogen-bond donors (Lipinski definition) is 1. The van der Waals surface area contributed by atoms with E-state index in [2.05, 4.69) is 0 Å². The van der Waals surface area contributed by atoms with Gasteiger partial charge in [-0.3, -0.25) is 9.59 Å². The van der Waals surface area contributed by atoms with E-state index in [9.17, 15) is 14.7 Å². The van der Waals surface area contributed by atoms with E-state index in [0.29, 0.717) is 11.3 Å². The normalized spacial score (nSPS) is 17.8. The highest BCUT2D eigenvalue weighted by molar-refractivity contribution is 6.28. The van der Waals surface area contributed by atoms with E-state index in [0.717, 1.165) is 5.56 Å². The first-order valence-electron chi connectivity index (χ1n) is 7.32. The van der Waals surface area contributed by atoms with Crippen molar-refractivity contribution in [3.05, 3.63) is 64.6 Å². The average Bonchev–Trinajstić information content (AvgIpc) is 2.53. The second-order valence-electron chi connectivity index (χ2n) is 5.94. The van der Waals surface area contributed by atoms with Crippen LogP contribution in [0.5, 0.6) is 0 Å². The Kier molecular flexibility index (Phi) is 4.55. The molecule has 23 heavy (non-hydrogen) atoms. The molecule has 0 atom stereocenters. The molecule has 0 saturated carbocycles. The molecule has 0 unspecified atom stereocenters. The molecule has 1 aromatic carbocycles. The van der Waals surface area contributed by atoms with Gasteiger partial charge in [-0.1, -0.05) is 36.4 Å². The van der Waals surface area contributed by atoms with Gasteiger partial charge in [0.05, 0.1) is 12.5 Å². The van der Waals surface area contributed by atoms with Gasteiger partial charge in [-0.15, -0.1) is 0 Å². The molecule has 120 valence electrons. The van der Waals surface area contributed by atoms with Crippen molar-refractivity contribution < 1.29 is 19.4 Å². The summed E-state index contributed by atoms with van der Waals surface area (Å²) < 4.78 is 5.25. The van der Waals surface area contributed by atoms with Crippen molar-refractivity contribution in [2.45, 2.75) is 20.8 Å². The third-order valence-corrected chi connectivity index (χ3v) is 3.97. The van der Waals surface area contributed by atoms with Crippen LogP contribution in [0.4, 0.5) is 0 Å². The Morgan fingerprint density at radius 3 is 2.39 bits per heavy atom. The van der Waals surface area contributed by atoms with Crippen molar-refractivity contribution in [2.75, 3.05) is 7.11 Å². The third-order valence-electron chi connectivity index (χ3n) is 3.97. The molecule has 0 heterocycles. The number of ether oxygens (including phenoxy) is 1. The number of benzene rings is 1. The summed E-state index contributed by atoms with van der Waals surface area (Å²) >= 11 is 0. The van der Waals surface area contributed by atoms with E-state index in [4.69, 9.17) is 4.74 Å². The summed E-state index contributed by atoms with van der Waals surface area (Å²) in [5, 5.41) is 10.3. The summed E-state index contributed by atoms with van der Waals surface area (Å²) in [4.78, 5) is 25.1. The third kappa shape index (κ3) is 2.97. The second-order valence-corrected chi connectivity index (χ2v) is 5.94. The van der Waals surface area contributed by atoms with E-state index >= 15 is 0 Å². The van der Waals surface area contributed by atoms with E-state index in [-0.39, 0.29) is 11.3 Å². The molecule has 1 aromatic rings. The van der Waals surface area contributed by atoms with Crippen LogP contribution in [0.15, 0.2) is 59.1 Å². The molecule has 0 aliphatic heterocycles. The molecular weight excluding hydrogens is 292 g/mol. The van der Waals surface area contributed by atoms with Crippen molar-refractivity contribution in [3.63, 3.8) is 0 Å². The Morgan fingerprint density at radius 1 is 1.22 bits per heavy atom. The number of methoxy groups -OCH3 is 1. The van der Waals surface area contributed by atoms with Gasteiger partial charge in [0.15, 0.2) is 11.6 Å². The zero-order valence-corrected chi connectivity index (χ0v) is 13.7. The summed E-state index contributed by atoms with van der Waals surface area (Å²) in [6.45, 7) is 4.99. The Morgan fingerprint density at radius 2 is 1.83 bits per heavy atom. The minimum Gasteiger partial charge on any atom is -0.507 e. The largest absolute Gasteiger partial charge is 0.507 e. The summed E-state index contributed by atoms with van der Waals surface area (Å²) in [6, 6.07) is 9.28. The monoisotopic (exact) mass is 312 g/mol. The molecule has 1 aliphatic rings. The highest BCUT2D eigenvalue weighted by Gasteiger charge is 2.44. The predicted octanol–water partition coefficient (Wildman–Crippen LogP) is 3.61. The van der Waals surface area contributed by atoms with Crippen LogP contribution in [0, 0.1) is 5.41 Å². The molecule has 0 aromatic heterocycles. The average molecular weight is 312 g/mol. The van der Waals surface area contributed by atoms with Crippen LogP contribution in [0.25, 0.3) is 6.08 Å². The van der Waals surface area contributed by atoms with Gasteiger partial charge in [-0.05, 0) is 32.4 Å². The van der Waals surface area contributed by atoms with Gasteiger partial charge >= 0.3 is 0 Å². The molecule has 4 heteroatoms. The van der Waals surface area contributed by atoms with Gasteiger partial charge in [-0.25, -0.2) is 0 Å². The molecule has 0 saturated heterocycles. The molecular formula is C19H20O4. The lowest BCUT2D eigenvalue weighted by Gasteiger charge is -2.31. The number of aliphatic hydroxyl groups excluding tert-OH is 1. The lowest BCUT2D eigenvalue weighted by molar-refractivity contribution is -0.126. The van der Waals surface area contributed by atoms with E-state index in [1.807, 2.05) is 30.3 Å². The Bertz CT molecular complexity index is 734. The summed E-state index contributed by atoms with van der Waals surface area (Å²) in [5.41, 5.74) is 0.0683. The maximum Gasteiger partial charge on any atom is 0.193 e. The second kappa shape index (κ2) is 6.24. The van der Waals surface area contributed by atoms with Crippen LogP contribution in [0.1, 0.15) is 26.3 Å². The quantitative estimate of drug-likeness (QED) is 0.681. The molecule has 0 radical (unpaired) electrons. The molecule has 0 amide bonds. The first-order valence-corrected chi connectivity index (χ1v) is 7.32.